The van der Waals surface area contributed by atoms with Crippen LogP contribution in [0.5, 0.6) is 5.75 Å². The van der Waals surface area contributed by atoms with Gasteiger partial charge in [-0.2, -0.15) is 0 Å². The van der Waals surface area contributed by atoms with Crippen molar-refractivity contribution in [3.05, 3.63) is 59.9 Å². The highest BCUT2D eigenvalue weighted by Gasteiger charge is 1.97. The number of hydrogen-bond donors (Lipinski definition) is 1. The lowest BCUT2D eigenvalue weighted by atomic mass is 10.2. The van der Waals surface area contributed by atoms with Crippen LogP contribution in [0, 0.1) is 0 Å². The van der Waals surface area contributed by atoms with Crippen LogP contribution in [-0.4, -0.2) is 16.4 Å². The van der Waals surface area contributed by atoms with Gasteiger partial charge in [0.1, 0.15) is 18.6 Å². The lowest BCUT2D eigenvalue weighted by molar-refractivity contribution is 0.301. The van der Waals surface area contributed by atoms with E-state index in [0.29, 0.717) is 13.0 Å². The van der Waals surface area contributed by atoms with E-state index in [4.69, 9.17) is 9.94 Å². The van der Waals surface area contributed by atoms with Crippen LogP contribution >= 0.6 is 0 Å². The second kappa shape index (κ2) is 6.39. The first-order valence-corrected chi connectivity index (χ1v) is 5.57. The van der Waals surface area contributed by atoms with E-state index in [1.54, 1.807) is 6.20 Å². The monoisotopic (exact) mass is 241 g/mol. The van der Waals surface area contributed by atoms with E-state index >= 15 is 0 Å². The molecule has 2 aromatic rings. The first-order valence-electron chi connectivity index (χ1n) is 5.57. The Morgan fingerprint density at radius 1 is 1.17 bits per heavy atom. The van der Waals surface area contributed by atoms with Gasteiger partial charge in [-0.3, -0.25) is 4.98 Å². The third-order valence-electron chi connectivity index (χ3n) is 2.37. The number of rotatable bonds is 5. The number of para-hydroxylation sites is 1. The minimum Gasteiger partial charge on any atom is -0.487 e. The maximum Gasteiger partial charge on any atom is 0.130 e. The second-order valence-corrected chi connectivity index (χ2v) is 3.69. The predicted octanol–water partition coefficient (Wildman–Crippen LogP) is 2.54. The van der Waals surface area contributed by atoms with Crippen LogP contribution < -0.4 is 4.74 Å². The molecule has 0 bridgehead atoms. The summed E-state index contributed by atoms with van der Waals surface area (Å²) in [6, 6.07) is 13.4. The number of ether oxygens (including phenoxy) is 1. The van der Waals surface area contributed by atoms with Crippen LogP contribution in [0.1, 0.15) is 11.3 Å². The standard InChI is InChI=1S/C14H13N2O2/c17-16-9-8-12-6-7-13(15-10-12)11-18-14-4-2-1-3-5-14/h1-7,10,17H,8,11H2. The molecule has 0 aliphatic rings. The van der Waals surface area contributed by atoms with E-state index in [9.17, 15) is 0 Å². The van der Waals surface area contributed by atoms with Gasteiger partial charge in [-0.25, -0.2) is 0 Å². The minimum absolute atomic E-state index is 0.433. The maximum atomic E-state index is 8.27. The summed E-state index contributed by atoms with van der Waals surface area (Å²) in [6.45, 7) is 0.433. The summed E-state index contributed by atoms with van der Waals surface area (Å²) in [5.74, 6) is 0.823. The van der Waals surface area contributed by atoms with Gasteiger partial charge in [0.25, 0.3) is 0 Å². The van der Waals surface area contributed by atoms with Gasteiger partial charge in [-0.05, 0) is 23.8 Å². The van der Waals surface area contributed by atoms with E-state index in [-0.39, 0.29) is 0 Å². The van der Waals surface area contributed by atoms with Crippen molar-refractivity contribution in [3.8, 4) is 5.75 Å². The third-order valence-corrected chi connectivity index (χ3v) is 2.37. The average molecular weight is 241 g/mol. The zero-order valence-corrected chi connectivity index (χ0v) is 9.78. The van der Waals surface area contributed by atoms with Crippen LogP contribution in [0.15, 0.2) is 53.8 Å². The molecule has 0 atom stereocenters. The van der Waals surface area contributed by atoms with E-state index in [2.05, 4.69) is 16.4 Å². The highest BCUT2D eigenvalue weighted by molar-refractivity contribution is 5.60. The van der Waals surface area contributed by atoms with Crippen molar-refractivity contribution in [1.29, 1.82) is 0 Å². The Hall–Kier alpha value is -2.36. The number of aromatic nitrogens is 1. The molecule has 91 valence electrons. The molecule has 0 amide bonds. The lowest BCUT2D eigenvalue weighted by Gasteiger charge is -2.05. The average Bonchev–Trinajstić information content (AvgIpc) is 2.45. The zero-order chi connectivity index (χ0) is 12.6. The Balaban J connectivity index is 1.90. The highest BCUT2D eigenvalue weighted by atomic mass is 16.5. The van der Waals surface area contributed by atoms with Crippen LogP contribution in [0.3, 0.4) is 0 Å². The number of nitrogens with zero attached hydrogens (tertiary/aromatic N) is 2. The summed E-state index contributed by atoms with van der Waals surface area (Å²) in [6.07, 6.45) is 4.62. The van der Waals surface area contributed by atoms with Crippen LogP contribution in [0.25, 0.3) is 0 Å². The Morgan fingerprint density at radius 3 is 2.67 bits per heavy atom. The van der Waals surface area contributed by atoms with E-state index in [0.717, 1.165) is 17.0 Å². The molecule has 4 heteroatoms. The Morgan fingerprint density at radius 2 is 2.00 bits per heavy atom. The molecule has 0 unspecified atom stereocenters. The van der Waals surface area contributed by atoms with E-state index in [1.165, 1.54) is 0 Å². The van der Waals surface area contributed by atoms with Crippen molar-refractivity contribution < 1.29 is 9.94 Å². The first kappa shape index (κ1) is 12.1. The fraction of sp³-hybridized carbons (Fsp3) is 0.143. The molecule has 0 saturated heterocycles. The van der Waals surface area contributed by atoms with Gasteiger partial charge in [0.2, 0.25) is 0 Å². The second-order valence-electron chi connectivity index (χ2n) is 3.69. The predicted molar refractivity (Wildman–Crippen MR) is 67.9 cm³/mol. The number of benzene rings is 1. The fourth-order valence-electron chi connectivity index (χ4n) is 1.45. The van der Waals surface area contributed by atoms with E-state index in [1.807, 2.05) is 42.5 Å². The molecule has 1 N–H and O–H groups in total. The molecule has 0 saturated carbocycles. The number of hydrogen-bond acceptors (Lipinski definition) is 4. The molecular formula is C14H13N2O2. The van der Waals surface area contributed by atoms with Crippen LogP contribution in [-0.2, 0) is 13.0 Å². The van der Waals surface area contributed by atoms with Crippen LogP contribution in [0.2, 0.25) is 0 Å². The molecule has 2 rings (SSSR count). The van der Waals surface area contributed by atoms with Crippen molar-refractivity contribution in [3.63, 3.8) is 0 Å². The lowest BCUT2D eigenvalue weighted by Crippen LogP contribution is -1.99. The van der Waals surface area contributed by atoms with Gasteiger partial charge in [0.15, 0.2) is 0 Å². The molecule has 1 aromatic heterocycles. The van der Waals surface area contributed by atoms with Gasteiger partial charge in [-0.1, -0.05) is 29.4 Å². The van der Waals surface area contributed by atoms with Crippen molar-refractivity contribution in [2.75, 3.05) is 0 Å². The summed E-state index contributed by atoms with van der Waals surface area (Å²) in [5, 5.41) is 11.1. The van der Waals surface area contributed by atoms with Crippen molar-refractivity contribution >= 4 is 6.21 Å². The summed E-state index contributed by atoms with van der Waals surface area (Å²) >= 11 is 0. The first-order chi connectivity index (χ1) is 8.88. The molecule has 1 aromatic carbocycles. The Labute approximate surface area is 106 Å². The van der Waals surface area contributed by atoms with Gasteiger partial charge >= 0.3 is 0 Å². The summed E-state index contributed by atoms with van der Waals surface area (Å²) < 4.78 is 5.58. The van der Waals surface area contributed by atoms with Crippen LogP contribution in [0.4, 0.5) is 0 Å². The molecule has 0 fully saturated rings. The van der Waals surface area contributed by atoms with Gasteiger partial charge in [0.05, 0.1) is 5.69 Å². The van der Waals surface area contributed by atoms with E-state index < -0.39 is 0 Å². The Bertz CT molecular complexity index is 495. The molecule has 0 aliphatic carbocycles. The number of pyridine rings is 1. The summed E-state index contributed by atoms with van der Waals surface area (Å²) in [7, 11) is 0. The smallest absolute Gasteiger partial charge is 0.130 e. The summed E-state index contributed by atoms with van der Waals surface area (Å²) in [4.78, 5) is 4.26. The molecule has 1 radical (unpaired) electrons. The largest absolute Gasteiger partial charge is 0.487 e. The van der Waals surface area contributed by atoms with Crippen molar-refractivity contribution in [2.45, 2.75) is 13.0 Å². The normalized spacial score (nSPS) is 10.7. The topological polar surface area (TPSA) is 54.7 Å². The maximum absolute atomic E-state index is 8.27. The zero-order valence-electron chi connectivity index (χ0n) is 9.78. The molecule has 0 spiro atoms. The van der Waals surface area contributed by atoms with Gasteiger partial charge < -0.3 is 9.94 Å². The highest BCUT2D eigenvalue weighted by Crippen LogP contribution is 2.10. The third kappa shape index (κ3) is 3.59. The Kier molecular flexibility index (Phi) is 4.30. The van der Waals surface area contributed by atoms with Crippen molar-refractivity contribution in [2.24, 2.45) is 5.16 Å². The SMILES string of the molecule is O/N=[C]/Cc1ccc(COc2ccccc2)nc1. The quantitative estimate of drug-likeness (QED) is 0.497. The summed E-state index contributed by atoms with van der Waals surface area (Å²) in [5.41, 5.74) is 1.79. The molecule has 0 aliphatic heterocycles. The van der Waals surface area contributed by atoms with Crippen molar-refractivity contribution in [1.82, 2.24) is 4.98 Å². The fourth-order valence-corrected chi connectivity index (χ4v) is 1.45. The molecular weight excluding hydrogens is 228 g/mol. The molecule has 18 heavy (non-hydrogen) atoms. The molecule has 1 heterocycles. The minimum atomic E-state index is 0.433. The van der Waals surface area contributed by atoms with Gasteiger partial charge in [-0.15, -0.1) is 0 Å². The molecule has 4 nitrogen and oxygen atoms in total. The van der Waals surface area contributed by atoms with Gasteiger partial charge in [0, 0.05) is 12.6 Å².